The number of benzene rings is 2. The molecule has 8 heteroatoms. The number of aromatic nitrogens is 2. The predicted octanol–water partition coefficient (Wildman–Crippen LogP) is 4.02. The minimum absolute atomic E-state index is 0. The quantitative estimate of drug-likeness (QED) is 0.362. The number of nitrogens with two attached hydrogens (primary N) is 2. The van der Waals surface area contributed by atoms with Crippen LogP contribution in [0.1, 0.15) is 40.4 Å². The van der Waals surface area contributed by atoms with Gasteiger partial charge in [-0.3, -0.25) is 4.68 Å². The summed E-state index contributed by atoms with van der Waals surface area (Å²) in [5.41, 5.74) is 17.3. The molecular formula is C22H24Cl2N6. The summed E-state index contributed by atoms with van der Waals surface area (Å²) in [6, 6.07) is 18.2. The molecule has 0 bridgehead atoms. The highest BCUT2D eigenvalue weighted by molar-refractivity contribution is 6.31. The van der Waals surface area contributed by atoms with Crippen LogP contribution in [0.2, 0.25) is 5.02 Å². The molecule has 156 valence electrons. The predicted molar refractivity (Wildman–Crippen MR) is 125 cm³/mol. The first-order valence-corrected chi connectivity index (χ1v) is 9.91. The lowest BCUT2D eigenvalue weighted by atomic mass is 9.81. The third-order valence-electron chi connectivity index (χ3n) is 5.21. The molecule has 1 aliphatic rings. The molecule has 4 rings (SSSR count). The fourth-order valence-corrected chi connectivity index (χ4v) is 4.27. The van der Waals surface area contributed by atoms with E-state index in [2.05, 4.69) is 33.1 Å². The molecule has 6 nitrogen and oxygen atoms in total. The van der Waals surface area contributed by atoms with Crippen molar-refractivity contribution in [2.75, 3.05) is 0 Å². The Hall–Kier alpha value is -2.83. The van der Waals surface area contributed by atoms with Crippen molar-refractivity contribution in [1.82, 2.24) is 9.78 Å². The van der Waals surface area contributed by atoms with E-state index >= 15 is 0 Å². The van der Waals surface area contributed by atoms with Crippen LogP contribution >= 0.6 is 24.0 Å². The summed E-state index contributed by atoms with van der Waals surface area (Å²) < 4.78 is 2.06. The summed E-state index contributed by atoms with van der Waals surface area (Å²) in [7, 11) is 0. The van der Waals surface area contributed by atoms with Gasteiger partial charge in [0.2, 0.25) is 5.96 Å². The van der Waals surface area contributed by atoms with E-state index in [1.54, 1.807) is 0 Å². The molecule has 1 unspecified atom stereocenters. The Morgan fingerprint density at radius 1 is 1.10 bits per heavy atom. The molecule has 1 atom stereocenters. The third kappa shape index (κ3) is 4.50. The molecular weight excluding hydrogens is 419 g/mol. The summed E-state index contributed by atoms with van der Waals surface area (Å²) in [4.78, 5) is 0. The van der Waals surface area contributed by atoms with Crippen molar-refractivity contribution in [3.8, 4) is 0 Å². The second kappa shape index (κ2) is 9.32. The van der Waals surface area contributed by atoms with Gasteiger partial charge in [0, 0.05) is 16.3 Å². The van der Waals surface area contributed by atoms with Gasteiger partial charge in [0.1, 0.15) is 0 Å². The Balaban J connectivity index is 0.00000256. The van der Waals surface area contributed by atoms with Crippen LogP contribution in [0.25, 0.3) is 0 Å². The topological polar surface area (TPSA) is 94.6 Å². The molecule has 30 heavy (non-hydrogen) atoms. The molecule has 0 saturated heterocycles. The summed E-state index contributed by atoms with van der Waals surface area (Å²) in [5.74, 6) is 0.114. The van der Waals surface area contributed by atoms with Crippen LogP contribution < -0.4 is 11.5 Å². The van der Waals surface area contributed by atoms with Gasteiger partial charge in [-0.1, -0.05) is 60.1 Å². The Morgan fingerprint density at radius 2 is 1.80 bits per heavy atom. The molecule has 0 spiro atoms. The van der Waals surface area contributed by atoms with Crippen molar-refractivity contribution >= 4 is 35.7 Å². The van der Waals surface area contributed by atoms with Crippen molar-refractivity contribution in [3.05, 3.63) is 87.7 Å². The smallest absolute Gasteiger partial charge is 0.211 e. The van der Waals surface area contributed by atoms with Crippen molar-refractivity contribution in [3.63, 3.8) is 0 Å². The number of fused-ring (bicyclic) bond motifs is 1. The molecule has 1 heterocycles. The van der Waals surface area contributed by atoms with E-state index in [4.69, 9.17) is 28.2 Å². The Morgan fingerprint density at radius 3 is 2.50 bits per heavy atom. The highest BCUT2D eigenvalue weighted by Crippen LogP contribution is 2.37. The summed E-state index contributed by atoms with van der Waals surface area (Å²) in [5, 5.41) is 13.9. The number of aryl methyl sites for hydroxylation is 1. The molecule has 4 N–H and O–H groups in total. The lowest BCUT2D eigenvalue weighted by molar-refractivity contribution is 0.593. The first kappa shape index (κ1) is 21.9. The van der Waals surface area contributed by atoms with Gasteiger partial charge in [-0.15, -0.1) is 17.5 Å². The van der Waals surface area contributed by atoms with Gasteiger partial charge in [0.25, 0.3) is 0 Å². The van der Waals surface area contributed by atoms with Crippen molar-refractivity contribution in [2.24, 2.45) is 21.7 Å². The molecule has 0 saturated carbocycles. The highest BCUT2D eigenvalue weighted by Gasteiger charge is 2.31. The molecule has 3 aromatic rings. The van der Waals surface area contributed by atoms with Crippen LogP contribution in [0.5, 0.6) is 0 Å². The van der Waals surface area contributed by atoms with Crippen LogP contribution in [0.4, 0.5) is 0 Å². The van der Waals surface area contributed by atoms with Crippen molar-refractivity contribution in [1.29, 1.82) is 0 Å². The van der Waals surface area contributed by atoms with Gasteiger partial charge in [0.15, 0.2) is 0 Å². The molecule has 1 aliphatic carbocycles. The first-order chi connectivity index (χ1) is 14.0. The monoisotopic (exact) mass is 442 g/mol. The number of halogens is 2. The highest BCUT2D eigenvalue weighted by atomic mass is 35.5. The van der Waals surface area contributed by atoms with Crippen LogP contribution in [-0.4, -0.2) is 21.5 Å². The molecule has 0 aliphatic heterocycles. The minimum Gasteiger partial charge on any atom is -0.369 e. The van der Waals surface area contributed by atoms with E-state index < -0.39 is 0 Å². The van der Waals surface area contributed by atoms with Gasteiger partial charge in [-0.25, -0.2) is 0 Å². The van der Waals surface area contributed by atoms with Gasteiger partial charge in [0.05, 0.1) is 18.0 Å². The van der Waals surface area contributed by atoms with Gasteiger partial charge >= 0.3 is 0 Å². The second-order valence-corrected chi connectivity index (χ2v) is 7.66. The van der Waals surface area contributed by atoms with Gasteiger partial charge < -0.3 is 11.5 Å². The average molecular weight is 443 g/mol. The SMILES string of the molecule is Cc1nn(Cc2ccccc2)c2c1/C(=N\N=C(N)N)CC(c1ccccc1Cl)C2.Cl. The summed E-state index contributed by atoms with van der Waals surface area (Å²) in [6.07, 6.45) is 1.53. The Kier molecular flexibility index (Phi) is 6.80. The molecule has 2 aromatic carbocycles. The van der Waals surface area contributed by atoms with Crippen molar-refractivity contribution < 1.29 is 0 Å². The molecule has 0 radical (unpaired) electrons. The maximum absolute atomic E-state index is 6.50. The lowest BCUT2D eigenvalue weighted by Gasteiger charge is -2.25. The maximum Gasteiger partial charge on any atom is 0.211 e. The standard InChI is InChI=1S/C22H23ClN6.ClH/c1-14-21-19(26-27-22(24)25)11-16(17-9-5-6-10-18(17)23)12-20(21)29(28-14)13-15-7-3-2-4-8-15;/h2-10,16H,11-13H2,1H3,(H4,24,25,27);1H/b26-19-;. The maximum atomic E-state index is 6.50. The van der Waals surface area contributed by atoms with Crippen LogP contribution in [0, 0.1) is 6.92 Å². The number of guanidine groups is 1. The lowest BCUT2D eigenvalue weighted by Crippen LogP contribution is -2.24. The zero-order valence-corrected chi connectivity index (χ0v) is 18.2. The van der Waals surface area contributed by atoms with E-state index in [0.717, 1.165) is 39.7 Å². The van der Waals surface area contributed by atoms with E-state index in [1.807, 2.05) is 43.3 Å². The molecule has 0 fully saturated rings. The second-order valence-electron chi connectivity index (χ2n) is 7.25. The van der Waals surface area contributed by atoms with E-state index in [-0.39, 0.29) is 24.3 Å². The zero-order chi connectivity index (χ0) is 20.4. The normalized spacial score (nSPS) is 16.6. The van der Waals surface area contributed by atoms with E-state index in [9.17, 15) is 0 Å². The van der Waals surface area contributed by atoms with E-state index in [1.165, 1.54) is 5.56 Å². The van der Waals surface area contributed by atoms with Crippen molar-refractivity contribution in [2.45, 2.75) is 32.2 Å². The summed E-state index contributed by atoms with van der Waals surface area (Å²) in [6.45, 7) is 2.70. The number of hydrogen-bond donors (Lipinski definition) is 2. The summed E-state index contributed by atoms with van der Waals surface area (Å²) >= 11 is 6.50. The van der Waals surface area contributed by atoms with Crippen LogP contribution in [0.15, 0.2) is 64.8 Å². The fourth-order valence-electron chi connectivity index (χ4n) is 3.98. The van der Waals surface area contributed by atoms with Gasteiger partial charge in [-0.2, -0.15) is 10.2 Å². The fraction of sp³-hybridized carbons (Fsp3) is 0.227. The van der Waals surface area contributed by atoms with Gasteiger partial charge in [-0.05, 0) is 42.9 Å². The Bertz CT molecular complexity index is 1080. The Labute approximate surface area is 187 Å². The molecule has 1 aromatic heterocycles. The minimum atomic E-state index is -0.0618. The van der Waals surface area contributed by atoms with Crippen LogP contribution in [-0.2, 0) is 13.0 Å². The zero-order valence-electron chi connectivity index (χ0n) is 16.6. The average Bonchev–Trinajstić information content (AvgIpc) is 3.02. The van der Waals surface area contributed by atoms with E-state index in [0.29, 0.717) is 13.0 Å². The third-order valence-corrected chi connectivity index (χ3v) is 5.55. The largest absolute Gasteiger partial charge is 0.369 e. The number of nitrogens with zero attached hydrogens (tertiary/aromatic N) is 4. The first-order valence-electron chi connectivity index (χ1n) is 9.53. The number of hydrogen-bond acceptors (Lipinski definition) is 3. The number of rotatable bonds is 4. The van der Waals surface area contributed by atoms with Crippen LogP contribution in [0.3, 0.4) is 0 Å². The molecule has 0 amide bonds.